The average molecular weight is 639 g/mol. The summed E-state index contributed by atoms with van der Waals surface area (Å²) in [5.74, 6) is 1.54. The molecule has 6 aromatic rings. The first-order valence-corrected chi connectivity index (χ1v) is 15.9. The number of halogens is 1. The number of nitrogens with zero attached hydrogens (tertiary/aromatic N) is 6. The van der Waals surface area contributed by atoms with Crippen molar-refractivity contribution in [1.82, 2.24) is 29.0 Å². The van der Waals surface area contributed by atoms with Gasteiger partial charge in [-0.2, -0.15) is 0 Å². The molecule has 2 aromatic carbocycles. The third-order valence-corrected chi connectivity index (χ3v) is 9.17. The molecule has 0 aliphatic carbocycles. The van der Waals surface area contributed by atoms with Crippen LogP contribution in [0.3, 0.4) is 0 Å². The first-order valence-electron chi connectivity index (χ1n) is 15.5. The standard InChI is InChI=1S/C35H35ClN6O4/c1-3-41-22-37-18-26(41)19-42-31-17-24(35(43)44-2)8-10-30(31)38-32(42)20-40-14-11-23(12-15-40)29-5-4-6-33(39-29)46-21-25-7-9-28(36)27-13-16-45-34(25)27/h4-10,13,16-18,22-23H,3,11-12,14-15,19-21H2,1-2H3. The minimum Gasteiger partial charge on any atom is -0.473 e. The molecule has 1 aliphatic heterocycles. The molecule has 0 atom stereocenters. The van der Waals surface area contributed by atoms with E-state index in [1.54, 1.807) is 12.3 Å². The summed E-state index contributed by atoms with van der Waals surface area (Å²) in [6, 6.07) is 17.2. The summed E-state index contributed by atoms with van der Waals surface area (Å²) >= 11 is 6.30. The number of aromatic nitrogens is 5. The second kappa shape index (κ2) is 13.0. The van der Waals surface area contributed by atoms with E-state index in [0.29, 0.717) is 42.1 Å². The molecule has 0 amide bonds. The largest absolute Gasteiger partial charge is 0.473 e. The Morgan fingerprint density at radius 2 is 1.93 bits per heavy atom. The van der Waals surface area contributed by atoms with Crippen LogP contribution in [-0.2, 0) is 31.0 Å². The molecule has 0 radical (unpaired) electrons. The topological polar surface area (TPSA) is 100 Å². The molecule has 4 aromatic heterocycles. The summed E-state index contributed by atoms with van der Waals surface area (Å²) in [5, 5.41) is 1.54. The zero-order valence-electron chi connectivity index (χ0n) is 25.9. The van der Waals surface area contributed by atoms with Gasteiger partial charge in [0.05, 0.1) is 60.1 Å². The molecule has 46 heavy (non-hydrogen) atoms. The molecular weight excluding hydrogens is 604 g/mol. The highest BCUT2D eigenvalue weighted by Gasteiger charge is 2.24. The highest BCUT2D eigenvalue weighted by molar-refractivity contribution is 6.35. The van der Waals surface area contributed by atoms with Crippen molar-refractivity contribution in [3.05, 3.63) is 107 Å². The number of imidazole rings is 2. The van der Waals surface area contributed by atoms with Crippen molar-refractivity contribution in [1.29, 1.82) is 0 Å². The van der Waals surface area contributed by atoms with Crippen LogP contribution in [0.4, 0.5) is 0 Å². The van der Waals surface area contributed by atoms with Crippen LogP contribution >= 0.6 is 11.6 Å². The molecule has 0 bridgehead atoms. The highest BCUT2D eigenvalue weighted by atomic mass is 35.5. The molecule has 10 nitrogen and oxygen atoms in total. The summed E-state index contributed by atoms with van der Waals surface area (Å²) in [4.78, 5) is 29.0. The van der Waals surface area contributed by atoms with Gasteiger partial charge in [-0.25, -0.2) is 19.7 Å². The molecule has 5 heterocycles. The molecule has 11 heteroatoms. The van der Waals surface area contributed by atoms with Gasteiger partial charge in [-0.15, -0.1) is 0 Å². The minimum atomic E-state index is -0.361. The van der Waals surface area contributed by atoms with Gasteiger partial charge in [0.15, 0.2) is 0 Å². The van der Waals surface area contributed by atoms with Crippen molar-refractivity contribution in [2.24, 2.45) is 0 Å². The molecule has 1 aliphatic rings. The quantitative estimate of drug-likeness (QED) is 0.150. The van der Waals surface area contributed by atoms with Crippen molar-refractivity contribution < 1.29 is 18.7 Å². The van der Waals surface area contributed by atoms with Crippen molar-refractivity contribution in [3.8, 4) is 5.88 Å². The van der Waals surface area contributed by atoms with Crippen LogP contribution in [0, 0.1) is 0 Å². The SMILES string of the molecule is CCn1cncc1Cn1c(CN2CCC(c3cccc(OCc4ccc(Cl)c5ccoc45)n3)CC2)nc2ccc(C(=O)OC)cc21. The summed E-state index contributed by atoms with van der Waals surface area (Å²) in [5.41, 5.74) is 6.07. The summed E-state index contributed by atoms with van der Waals surface area (Å²) in [6.07, 6.45) is 7.35. The first-order chi connectivity index (χ1) is 22.5. The van der Waals surface area contributed by atoms with E-state index in [4.69, 9.17) is 35.5 Å². The predicted molar refractivity (Wildman–Crippen MR) is 175 cm³/mol. The van der Waals surface area contributed by atoms with Gasteiger partial charge in [-0.05, 0) is 69.3 Å². The van der Waals surface area contributed by atoms with Crippen LogP contribution < -0.4 is 4.74 Å². The number of piperidine rings is 1. The Bertz CT molecular complexity index is 2010. The highest BCUT2D eigenvalue weighted by Crippen LogP contribution is 2.31. The van der Waals surface area contributed by atoms with Gasteiger partial charge in [0, 0.05) is 41.4 Å². The maximum absolute atomic E-state index is 12.3. The number of methoxy groups -OCH3 is 1. The van der Waals surface area contributed by atoms with Crippen LogP contribution in [0.1, 0.15) is 58.8 Å². The number of pyridine rings is 1. The zero-order chi connectivity index (χ0) is 31.6. The minimum absolute atomic E-state index is 0.340. The maximum atomic E-state index is 12.3. The number of aryl methyl sites for hydroxylation is 1. The lowest BCUT2D eigenvalue weighted by Gasteiger charge is -2.31. The van der Waals surface area contributed by atoms with Crippen molar-refractivity contribution in [2.75, 3.05) is 20.2 Å². The van der Waals surface area contributed by atoms with E-state index in [-0.39, 0.29) is 5.97 Å². The number of esters is 1. The van der Waals surface area contributed by atoms with Crippen LogP contribution in [0.2, 0.25) is 5.02 Å². The molecule has 1 fully saturated rings. The van der Waals surface area contributed by atoms with E-state index in [0.717, 1.165) is 77.3 Å². The Morgan fingerprint density at radius 3 is 2.76 bits per heavy atom. The van der Waals surface area contributed by atoms with Crippen LogP contribution in [0.15, 0.2) is 77.8 Å². The van der Waals surface area contributed by atoms with Gasteiger partial charge in [-0.3, -0.25) is 4.90 Å². The third kappa shape index (κ3) is 5.98. The van der Waals surface area contributed by atoms with Crippen LogP contribution in [0.5, 0.6) is 5.88 Å². The molecule has 0 spiro atoms. The number of hydrogen-bond acceptors (Lipinski definition) is 8. The van der Waals surface area contributed by atoms with Gasteiger partial charge in [0.25, 0.3) is 0 Å². The molecule has 0 unspecified atom stereocenters. The number of rotatable bonds is 10. The summed E-state index contributed by atoms with van der Waals surface area (Å²) in [7, 11) is 1.40. The molecule has 7 rings (SSSR count). The number of furan rings is 1. The smallest absolute Gasteiger partial charge is 0.337 e. The molecule has 0 N–H and O–H groups in total. The van der Waals surface area contributed by atoms with Crippen molar-refractivity contribution in [3.63, 3.8) is 0 Å². The Morgan fingerprint density at radius 1 is 1.07 bits per heavy atom. The number of likely N-dealkylation sites (tertiary alicyclic amines) is 1. The van der Waals surface area contributed by atoms with Crippen molar-refractivity contribution in [2.45, 2.75) is 51.9 Å². The Balaban J connectivity index is 1.04. The van der Waals surface area contributed by atoms with Crippen LogP contribution in [0.25, 0.3) is 22.0 Å². The van der Waals surface area contributed by atoms with Crippen LogP contribution in [-0.4, -0.2) is 55.2 Å². The normalized spacial score (nSPS) is 14.3. The molecule has 1 saturated heterocycles. The second-order valence-electron chi connectivity index (χ2n) is 11.6. The van der Waals surface area contributed by atoms with E-state index < -0.39 is 0 Å². The lowest BCUT2D eigenvalue weighted by atomic mass is 9.93. The molecule has 236 valence electrons. The van der Waals surface area contributed by atoms with Crippen molar-refractivity contribution >= 4 is 39.6 Å². The lowest BCUT2D eigenvalue weighted by molar-refractivity contribution is 0.0601. The first kappa shape index (κ1) is 30.0. The Kier molecular flexibility index (Phi) is 8.47. The van der Waals surface area contributed by atoms with Gasteiger partial charge >= 0.3 is 5.97 Å². The molecular formula is C35H35ClN6O4. The number of hydrogen-bond donors (Lipinski definition) is 0. The average Bonchev–Trinajstić information content (AvgIpc) is 3.84. The third-order valence-electron chi connectivity index (χ3n) is 8.84. The monoisotopic (exact) mass is 638 g/mol. The van der Waals surface area contributed by atoms with E-state index in [2.05, 4.69) is 32.0 Å². The Labute approximate surface area is 271 Å². The van der Waals surface area contributed by atoms with E-state index in [1.165, 1.54) is 7.11 Å². The number of carbonyl (C=O) groups is 1. The zero-order valence-corrected chi connectivity index (χ0v) is 26.6. The van der Waals surface area contributed by atoms with E-state index >= 15 is 0 Å². The number of benzene rings is 2. The number of carbonyl (C=O) groups excluding carboxylic acids is 1. The predicted octanol–water partition coefficient (Wildman–Crippen LogP) is 6.84. The number of ether oxygens (including phenoxy) is 2. The van der Waals surface area contributed by atoms with E-state index in [9.17, 15) is 4.79 Å². The maximum Gasteiger partial charge on any atom is 0.337 e. The fraction of sp³-hybridized carbons (Fsp3) is 0.314. The fourth-order valence-electron chi connectivity index (χ4n) is 6.32. The summed E-state index contributed by atoms with van der Waals surface area (Å²) in [6.45, 7) is 6.42. The number of fused-ring (bicyclic) bond motifs is 2. The van der Waals surface area contributed by atoms with Gasteiger partial charge < -0.3 is 23.0 Å². The molecule has 0 saturated carbocycles. The summed E-state index contributed by atoms with van der Waals surface area (Å²) < 4.78 is 21.1. The Hall–Kier alpha value is -4.67. The van der Waals surface area contributed by atoms with Gasteiger partial charge in [0.1, 0.15) is 18.0 Å². The lowest BCUT2D eigenvalue weighted by Crippen LogP contribution is -2.33. The van der Waals surface area contributed by atoms with E-state index in [1.807, 2.05) is 55.0 Å². The fourth-order valence-corrected chi connectivity index (χ4v) is 6.53. The van der Waals surface area contributed by atoms with Gasteiger partial charge in [0.2, 0.25) is 5.88 Å². The second-order valence-corrected chi connectivity index (χ2v) is 12.0. The van der Waals surface area contributed by atoms with Gasteiger partial charge in [-0.1, -0.05) is 23.7 Å².